The summed E-state index contributed by atoms with van der Waals surface area (Å²) >= 11 is 7.56. The zero-order valence-electron chi connectivity index (χ0n) is 6.97. The van der Waals surface area contributed by atoms with Crippen LogP contribution in [0.4, 0.5) is 0 Å². The first-order valence-electron chi connectivity index (χ1n) is 3.80. The number of thiophene rings is 1. The highest BCUT2D eigenvalue weighted by atomic mass is 35.5. The third-order valence-corrected chi connectivity index (χ3v) is 3.38. The summed E-state index contributed by atoms with van der Waals surface area (Å²) in [5, 5.41) is 12.4. The molecule has 0 saturated heterocycles. The summed E-state index contributed by atoms with van der Waals surface area (Å²) < 4.78 is 1.14. The van der Waals surface area contributed by atoms with Crippen molar-refractivity contribution in [3.05, 3.63) is 33.7 Å². The molecule has 0 atom stereocenters. The Kier molecular flexibility index (Phi) is 1.99. The molecule has 64 valence electrons. The average molecular weight is 208 g/mol. The van der Waals surface area contributed by atoms with Crippen LogP contribution in [0.5, 0.6) is 0 Å². The molecule has 0 spiro atoms. The molecule has 13 heavy (non-hydrogen) atoms. The van der Waals surface area contributed by atoms with Crippen LogP contribution in [0.1, 0.15) is 11.1 Å². The molecule has 0 N–H and O–H groups in total. The van der Waals surface area contributed by atoms with Crippen LogP contribution in [-0.4, -0.2) is 0 Å². The molecule has 0 radical (unpaired) electrons. The van der Waals surface area contributed by atoms with Crippen molar-refractivity contribution in [2.24, 2.45) is 0 Å². The minimum absolute atomic E-state index is 0.702. The Morgan fingerprint density at radius 1 is 1.46 bits per heavy atom. The predicted octanol–water partition coefficient (Wildman–Crippen LogP) is 3.73. The second-order valence-electron chi connectivity index (χ2n) is 2.86. The zero-order valence-corrected chi connectivity index (χ0v) is 8.54. The van der Waals surface area contributed by atoms with E-state index < -0.39 is 0 Å². The minimum atomic E-state index is 0.702. The van der Waals surface area contributed by atoms with Crippen LogP contribution in [-0.2, 0) is 0 Å². The predicted molar refractivity (Wildman–Crippen MR) is 56.3 cm³/mol. The number of rotatable bonds is 0. The molecule has 0 fully saturated rings. The molecule has 0 aliphatic carbocycles. The first-order valence-corrected chi connectivity index (χ1v) is 5.05. The fraction of sp³-hybridized carbons (Fsp3) is 0.100. The van der Waals surface area contributed by atoms with Gasteiger partial charge in [-0.05, 0) is 24.6 Å². The van der Waals surface area contributed by atoms with E-state index in [4.69, 9.17) is 16.9 Å². The average Bonchev–Trinajstić information content (AvgIpc) is 2.46. The molecule has 1 aromatic carbocycles. The summed E-state index contributed by atoms with van der Waals surface area (Å²) in [5.41, 5.74) is 1.71. The summed E-state index contributed by atoms with van der Waals surface area (Å²) in [6, 6.07) is 6.01. The first kappa shape index (κ1) is 8.55. The van der Waals surface area contributed by atoms with Crippen LogP contribution in [0, 0.1) is 18.3 Å². The minimum Gasteiger partial charge on any atom is -0.192 e. The molecular weight excluding hydrogens is 202 g/mol. The van der Waals surface area contributed by atoms with Crippen molar-refractivity contribution in [1.82, 2.24) is 0 Å². The number of nitrogens with zero attached hydrogens (tertiary/aromatic N) is 1. The van der Waals surface area contributed by atoms with Crippen LogP contribution in [0.2, 0.25) is 5.02 Å². The van der Waals surface area contributed by atoms with Gasteiger partial charge in [-0.15, -0.1) is 11.3 Å². The number of nitriles is 1. The van der Waals surface area contributed by atoms with Crippen LogP contribution >= 0.6 is 22.9 Å². The van der Waals surface area contributed by atoms with E-state index in [9.17, 15) is 0 Å². The largest absolute Gasteiger partial charge is 0.192 e. The summed E-state index contributed by atoms with van der Waals surface area (Å²) in [6.45, 7) is 1.94. The van der Waals surface area contributed by atoms with Gasteiger partial charge in [0, 0.05) is 15.5 Å². The smallest absolute Gasteiger partial charge is 0.0994 e. The molecule has 1 nitrogen and oxygen atoms in total. The number of halogens is 1. The molecule has 2 rings (SSSR count). The highest BCUT2D eigenvalue weighted by Crippen LogP contribution is 2.31. The van der Waals surface area contributed by atoms with Gasteiger partial charge in [0.05, 0.1) is 16.7 Å². The molecule has 3 heteroatoms. The highest BCUT2D eigenvalue weighted by molar-refractivity contribution is 7.17. The number of hydrogen-bond donors (Lipinski definition) is 0. The monoisotopic (exact) mass is 207 g/mol. The van der Waals surface area contributed by atoms with Gasteiger partial charge in [-0.3, -0.25) is 0 Å². The Morgan fingerprint density at radius 3 is 2.92 bits per heavy atom. The summed E-state index contributed by atoms with van der Waals surface area (Å²) in [7, 11) is 0. The third kappa shape index (κ3) is 1.31. The van der Waals surface area contributed by atoms with Gasteiger partial charge in [0.2, 0.25) is 0 Å². The van der Waals surface area contributed by atoms with Crippen molar-refractivity contribution in [2.75, 3.05) is 0 Å². The van der Waals surface area contributed by atoms with E-state index in [1.165, 1.54) is 0 Å². The molecule has 0 aliphatic rings. The number of hydrogen-bond acceptors (Lipinski definition) is 2. The fourth-order valence-corrected chi connectivity index (χ4v) is 2.51. The first-order chi connectivity index (χ1) is 6.22. The standard InChI is InChI=1S/C10H6ClNS/c1-6-2-10-8(3-7(6)4-12)9(11)5-13-10/h2-3,5H,1H3. The van der Waals surface area contributed by atoms with E-state index in [1.54, 1.807) is 11.3 Å². The van der Waals surface area contributed by atoms with Gasteiger partial charge in [-0.2, -0.15) is 5.26 Å². The van der Waals surface area contributed by atoms with Gasteiger partial charge >= 0.3 is 0 Å². The molecule has 0 aliphatic heterocycles. The molecule has 0 unspecified atom stereocenters. The lowest BCUT2D eigenvalue weighted by atomic mass is 10.1. The lowest BCUT2D eigenvalue weighted by Crippen LogP contribution is -1.80. The summed E-state index contributed by atoms with van der Waals surface area (Å²) in [4.78, 5) is 0. The molecular formula is C10H6ClNS. The van der Waals surface area contributed by atoms with Crippen LogP contribution < -0.4 is 0 Å². The van der Waals surface area contributed by atoms with E-state index >= 15 is 0 Å². The molecule has 2 aromatic rings. The summed E-state index contributed by atoms with van der Waals surface area (Å²) in [5.74, 6) is 0. The maximum atomic E-state index is 8.82. The van der Waals surface area contributed by atoms with Crippen LogP contribution in [0.15, 0.2) is 17.5 Å². The Balaban J connectivity index is 2.86. The van der Waals surface area contributed by atoms with Gasteiger partial charge in [-0.25, -0.2) is 0 Å². The van der Waals surface area contributed by atoms with Gasteiger partial charge in [0.1, 0.15) is 0 Å². The molecule has 0 amide bonds. The Morgan fingerprint density at radius 2 is 2.23 bits per heavy atom. The highest BCUT2D eigenvalue weighted by Gasteiger charge is 2.05. The molecule has 0 saturated carbocycles. The van der Waals surface area contributed by atoms with Crippen molar-refractivity contribution >= 4 is 33.0 Å². The van der Waals surface area contributed by atoms with Crippen molar-refractivity contribution in [3.63, 3.8) is 0 Å². The van der Waals surface area contributed by atoms with Crippen molar-refractivity contribution < 1.29 is 0 Å². The van der Waals surface area contributed by atoms with Gasteiger partial charge in [0.25, 0.3) is 0 Å². The van der Waals surface area contributed by atoms with Gasteiger partial charge in [0.15, 0.2) is 0 Å². The van der Waals surface area contributed by atoms with E-state index in [1.807, 2.05) is 24.4 Å². The third-order valence-electron chi connectivity index (χ3n) is 1.99. The Hall–Kier alpha value is -1.04. The van der Waals surface area contributed by atoms with Gasteiger partial charge in [-0.1, -0.05) is 11.6 Å². The normalized spacial score (nSPS) is 10.2. The maximum Gasteiger partial charge on any atom is 0.0994 e. The lowest BCUT2D eigenvalue weighted by Gasteiger charge is -1.96. The maximum absolute atomic E-state index is 8.82. The Bertz CT molecular complexity index is 507. The van der Waals surface area contributed by atoms with Crippen molar-refractivity contribution in [1.29, 1.82) is 5.26 Å². The van der Waals surface area contributed by atoms with E-state index in [-0.39, 0.29) is 0 Å². The van der Waals surface area contributed by atoms with E-state index in [0.717, 1.165) is 20.7 Å². The second kappa shape index (κ2) is 3.02. The van der Waals surface area contributed by atoms with Crippen LogP contribution in [0.3, 0.4) is 0 Å². The second-order valence-corrected chi connectivity index (χ2v) is 4.18. The van der Waals surface area contributed by atoms with E-state index in [0.29, 0.717) is 5.56 Å². The molecule has 1 heterocycles. The SMILES string of the molecule is Cc1cc2scc(Cl)c2cc1C#N. The zero-order chi connectivity index (χ0) is 9.42. The number of fused-ring (bicyclic) bond motifs is 1. The molecule has 0 bridgehead atoms. The van der Waals surface area contributed by atoms with Crippen LogP contribution in [0.25, 0.3) is 10.1 Å². The molecule has 1 aromatic heterocycles. The Labute approximate surface area is 85.2 Å². The topological polar surface area (TPSA) is 23.8 Å². The van der Waals surface area contributed by atoms with E-state index in [2.05, 4.69) is 6.07 Å². The number of aryl methyl sites for hydroxylation is 1. The lowest BCUT2D eigenvalue weighted by molar-refractivity contribution is 1.42. The fourth-order valence-electron chi connectivity index (χ4n) is 1.26. The number of benzene rings is 1. The van der Waals surface area contributed by atoms with Gasteiger partial charge < -0.3 is 0 Å². The summed E-state index contributed by atoms with van der Waals surface area (Å²) in [6.07, 6.45) is 0. The quantitative estimate of drug-likeness (QED) is 0.646. The van der Waals surface area contributed by atoms with Crippen molar-refractivity contribution in [3.8, 4) is 6.07 Å². The van der Waals surface area contributed by atoms with Crippen molar-refractivity contribution in [2.45, 2.75) is 6.92 Å².